The number of benzene rings is 2. The number of aromatic nitrogens is 2. The molecule has 0 radical (unpaired) electrons. The molecule has 0 saturated heterocycles. The van der Waals surface area contributed by atoms with Gasteiger partial charge >= 0.3 is 6.18 Å². The van der Waals surface area contributed by atoms with Crippen molar-refractivity contribution in [3.63, 3.8) is 0 Å². The highest BCUT2D eigenvalue weighted by atomic mass is 19.4. The van der Waals surface area contributed by atoms with Crippen molar-refractivity contribution in [2.45, 2.75) is 19.6 Å². The Kier molecular flexibility index (Phi) is 6.19. The lowest BCUT2D eigenvalue weighted by atomic mass is 10.1. The molecule has 0 aliphatic rings. The third-order valence-electron chi connectivity index (χ3n) is 4.19. The highest BCUT2D eigenvalue weighted by molar-refractivity contribution is 5.92. The molecule has 2 N–H and O–H groups in total. The number of anilines is 2. The second-order valence-corrected chi connectivity index (χ2v) is 6.62. The summed E-state index contributed by atoms with van der Waals surface area (Å²) in [5, 5.41) is 5.22. The molecule has 3 rings (SSSR count). The Morgan fingerprint density at radius 3 is 2.06 bits per heavy atom. The van der Waals surface area contributed by atoms with Crippen LogP contribution < -0.4 is 16.2 Å². The van der Waals surface area contributed by atoms with Gasteiger partial charge in [-0.2, -0.15) is 13.2 Å². The quantitative estimate of drug-likeness (QED) is 0.648. The fraction of sp³-hybridized carbons (Fsp3) is 0.143. The summed E-state index contributed by atoms with van der Waals surface area (Å²) in [6.07, 6.45) is -3.29. The molecule has 2 aromatic carbocycles. The van der Waals surface area contributed by atoms with Gasteiger partial charge in [0.15, 0.2) is 0 Å². The Morgan fingerprint density at radius 1 is 0.968 bits per heavy atom. The SMILES string of the molecule is CC(=O)Nc1ccc(NC(=O)Cn2cnc(-c3ccc(C(F)(F)F)cc3)cc2=O)cc1. The van der Waals surface area contributed by atoms with E-state index in [-0.39, 0.29) is 18.1 Å². The van der Waals surface area contributed by atoms with Gasteiger partial charge in [0.05, 0.1) is 17.6 Å². The molecule has 0 saturated carbocycles. The lowest BCUT2D eigenvalue weighted by Crippen LogP contribution is -2.27. The summed E-state index contributed by atoms with van der Waals surface area (Å²) < 4.78 is 39.1. The minimum atomic E-state index is -4.45. The zero-order valence-corrected chi connectivity index (χ0v) is 16.2. The first-order chi connectivity index (χ1) is 14.6. The van der Waals surface area contributed by atoms with Crippen LogP contribution in [0.5, 0.6) is 0 Å². The molecule has 0 fully saturated rings. The number of hydrogen-bond acceptors (Lipinski definition) is 4. The zero-order chi connectivity index (χ0) is 22.6. The van der Waals surface area contributed by atoms with Gasteiger partial charge in [-0.15, -0.1) is 0 Å². The maximum absolute atomic E-state index is 12.7. The van der Waals surface area contributed by atoms with E-state index < -0.39 is 23.2 Å². The number of halogens is 3. The number of hydrogen-bond donors (Lipinski definition) is 2. The maximum Gasteiger partial charge on any atom is 0.416 e. The number of nitrogens with one attached hydrogen (secondary N) is 2. The van der Waals surface area contributed by atoms with Crippen molar-refractivity contribution in [2.24, 2.45) is 0 Å². The van der Waals surface area contributed by atoms with Crippen LogP contribution in [0.25, 0.3) is 11.3 Å². The topological polar surface area (TPSA) is 93.1 Å². The van der Waals surface area contributed by atoms with Crippen LogP contribution in [0.4, 0.5) is 24.5 Å². The smallest absolute Gasteiger partial charge is 0.326 e. The molecule has 2 amide bonds. The second kappa shape index (κ2) is 8.82. The lowest BCUT2D eigenvalue weighted by molar-refractivity contribution is -0.137. The Balaban J connectivity index is 1.67. The molecule has 160 valence electrons. The summed E-state index contributed by atoms with van der Waals surface area (Å²) in [6, 6.07) is 11.8. The van der Waals surface area contributed by atoms with Gasteiger partial charge in [0.25, 0.3) is 5.56 Å². The van der Waals surface area contributed by atoms with Crippen molar-refractivity contribution in [1.29, 1.82) is 0 Å². The van der Waals surface area contributed by atoms with E-state index in [9.17, 15) is 27.6 Å². The monoisotopic (exact) mass is 430 g/mol. The minimum Gasteiger partial charge on any atom is -0.326 e. The Hall–Kier alpha value is -3.95. The van der Waals surface area contributed by atoms with E-state index in [4.69, 9.17) is 0 Å². The van der Waals surface area contributed by atoms with E-state index in [1.54, 1.807) is 24.3 Å². The van der Waals surface area contributed by atoms with Crippen LogP contribution in [0.2, 0.25) is 0 Å². The van der Waals surface area contributed by atoms with Crippen molar-refractivity contribution in [1.82, 2.24) is 9.55 Å². The fourth-order valence-corrected chi connectivity index (χ4v) is 2.73. The van der Waals surface area contributed by atoms with Gasteiger partial charge in [0.2, 0.25) is 11.8 Å². The number of carbonyl (C=O) groups is 2. The average Bonchev–Trinajstić information content (AvgIpc) is 2.70. The van der Waals surface area contributed by atoms with Gasteiger partial charge in [-0.25, -0.2) is 4.98 Å². The van der Waals surface area contributed by atoms with Gasteiger partial charge in [-0.1, -0.05) is 12.1 Å². The van der Waals surface area contributed by atoms with Crippen molar-refractivity contribution in [3.8, 4) is 11.3 Å². The predicted molar refractivity (Wildman–Crippen MR) is 108 cm³/mol. The molecule has 1 heterocycles. The van der Waals surface area contributed by atoms with Gasteiger partial charge < -0.3 is 10.6 Å². The Morgan fingerprint density at radius 2 is 1.55 bits per heavy atom. The summed E-state index contributed by atoms with van der Waals surface area (Å²) in [5.41, 5.74) is 0.267. The molecule has 3 aromatic rings. The average molecular weight is 430 g/mol. The van der Waals surface area contributed by atoms with E-state index in [0.29, 0.717) is 16.9 Å². The van der Waals surface area contributed by atoms with Crippen LogP contribution in [-0.4, -0.2) is 21.4 Å². The number of alkyl halides is 3. The molecule has 0 bridgehead atoms. The maximum atomic E-state index is 12.7. The van der Waals surface area contributed by atoms with E-state index in [0.717, 1.165) is 29.1 Å². The highest BCUT2D eigenvalue weighted by Crippen LogP contribution is 2.30. The molecule has 0 unspecified atom stereocenters. The standard InChI is InChI=1S/C21H17F3N4O3/c1-13(29)26-16-6-8-17(9-7-16)27-19(30)11-28-12-25-18(10-20(28)31)14-2-4-15(5-3-14)21(22,23)24/h2-10,12H,11H2,1H3,(H,26,29)(H,27,30). The predicted octanol–water partition coefficient (Wildman–Crippen LogP) is 3.53. The lowest BCUT2D eigenvalue weighted by Gasteiger charge is -2.10. The van der Waals surface area contributed by atoms with Crippen LogP contribution in [0.15, 0.2) is 65.7 Å². The third-order valence-corrected chi connectivity index (χ3v) is 4.19. The number of carbonyl (C=O) groups excluding carboxylic acids is 2. The van der Waals surface area contributed by atoms with Crippen LogP contribution in [-0.2, 0) is 22.3 Å². The number of rotatable bonds is 5. The van der Waals surface area contributed by atoms with Crippen LogP contribution >= 0.6 is 0 Å². The van der Waals surface area contributed by atoms with E-state index >= 15 is 0 Å². The molecule has 10 heteroatoms. The summed E-state index contributed by atoms with van der Waals surface area (Å²) in [5.74, 6) is -0.693. The van der Waals surface area contributed by atoms with Gasteiger partial charge in [0, 0.05) is 29.9 Å². The Bertz CT molecular complexity index is 1150. The van der Waals surface area contributed by atoms with Crippen molar-refractivity contribution >= 4 is 23.2 Å². The first-order valence-electron chi connectivity index (χ1n) is 9.03. The summed E-state index contributed by atoms with van der Waals surface area (Å²) in [6.45, 7) is 1.08. The molecular formula is C21H17F3N4O3. The van der Waals surface area contributed by atoms with Gasteiger partial charge in [-0.3, -0.25) is 19.0 Å². The van der Waals surface area contributed by atoms with Crippen LogP contribution in [0.3, 0.4) is 0 Å². The molecule has 31 heavy (non-hydrogen) atoms. The normalized spacial score (nSPS) is 11.1. The number of amides is 2. The number of nitrogens with zero attached hydrogens (tertiary/aromatic N) is 2. The first-order valence-corrected chi connectivity index (χ1v) is 9.03. The fourth-order valence-electron chi connectivity index (χ4n) is 2.73. The molecule has 0 spiro atoms. The van der Waals surface area contributed by atoms with E-state index in [1.807, 2.05) is 0 Å². The minimum absolute atomic E-state index is 0.198. The largest absolute Gasteiger partial charge is 0.416 e. The highest BCUT2D eigenvalue weighted by Gasteiger charge is 2.30. The van der Waals surface area contributed by atoms with Crippen molar-refractivity contribution < 1.29 is 22.8 Å². The summed E-state index contributed by atoms with van der Waals surface area (Å²) in [4.78, 5) is 39.6. The van der Waals surface area contributed by atoms with Crippen LogP contribution in [0, 0.1) is 0 Å². The third kappa shape index (κ3) is 5.78. The molecule has 0 atom stereocenters. The summed E-state index contributed by atoms with van der Waals surface area (Å²) >= 11 is 0. The molecule has 0 aliphatic heterocycles. The Labute approximate surface area is 174 Å². The first kappa shape index (κ1) is 21.8. The second-order valence-electron chi connectivity index (χ2n) is 6.62. The molecule has 1 aromatic heterocycles. The van der Waals surface area contributed by atoms with Crippen LogP contribution in [0.1, 0.15) is 12.5 Å². The molecular weight excluding hydrogens is 413 g/mol. The summed E-state index contributed by atoms with van der Waals surface area (Å²) in [7, 11) is 0. The zero-order valence-electron chi connectivity index (χ0n) is 16.2. The molecule has 7 nitrogen and oxygen atoms in total. The van der Waals surface area contributed by atoms with Crippen molar-refractivity contribution in [2.75, 3.05) is 10.6 Å². The van der Waals surface area contributed by atoms with E-state index in [1.165, 1.54) is 19.1 Å². The van der Waals surface area contributed by atoms with Crippen molar-refractivity contribution in [3.05, 3.63) is 76.8 Å². The van der Waals surface area contributed by atoms with Gasteiger partial charge in [0.1, 0.15) is 6.54 Å². The van der Waals surface area contributed by atoms with Gasteiger partial charge in [-0.05, 0) is 36.4 Å². The van der Waals surface area contributed by atoms with E-state index in [2.05, 4.69) is 15.6 Å². The molecule has 0 aliphatic carbocycles.